The Balaban J connectivity index is 0.000000190. The second-order valence-electron chi connectivity index (χ2n) is 16.3. The van der Waals surface area contributed by atoms with Gasteiger partial charge in [0.15, 0.2) is 0 Å². The molecule has 0 N–H and O–H groups in total. The summed E-state index contributed by atoms with van der Waals surface area (Å²) in [5, 5.41) is 2.20. The predicted octanol–water partition coefficient (Wildman–Crippen LogP) is 12.6. The average Bonchev–Trinajstić information content (AvgIpc) is 3.76. The first-order valence-electron chi connectivity index (χ1n) is 19.5. The average molecular weight is 961 g/mol. The molecule has 0 bridgehead atoms. The first-order valence-corrected chi connectivity index (χ1v) is 26.9. The number of aromatic nitrogens is 3. The zero-order valence-corrected chi connectivity index (χ0v) is 37.5. The summed E-state index contributed by atoms with van der Waals surface area (Å²) in [6.07, 6.45) is 7.25. The molecule has 0 spiro atoms. The van der Waals surface area contributed by atoms with Gasteiger partial charge in [0.05, 0.1) is 22.4 Å². The van der Waals surface area contributed by atoms with Crippen LogP contribution < -0.4 is 4.40 Å². The summed E-state index contributed by atoms with van der Waals surface area (Å²) >= 11 is -1.83. The van der Waals surface area contributed by atoms with E-state index in [0.29, 0.717) is 11.8 Å². The van der Waals surface area contributed by atoms with Gasteiger partial charge in [-0.05, 0) is 41.2 Å². The Morgan fingerprint density at radius 3 is 2.11 bits per heavy atom. The third-order valence-corrected chi connectivity index (χ3v) is 15.2. The number of furan rings is 1. The molecule has 0 atom stereocenters. The fraction of sp³-hybridized carbons (Fsp3) is 0.265. The Bertz CT molecular complexity index is 2590. The van der Waals surface area contributed by atoms with Gasteiger partial charge in [0.2, 0.25) is 0 Å². The van der Waals surface area contributed by atoms with E-state index in [0.717, 1.165) is 49.9 Å². The summed E-state index contributed by atoms with van der Waals surface area (Å²) in [7, 11) is 0. The maximum absolute atomic E-state index is 6.40. The Morgan fingerprint density at radius 1 is 0.709 bits per heavy atom. The number of imidazole rings is 1. The van der Waals surface area contributed by atoms with E-state index in [-0.39, 0.29) is 20.1 Å². The van der Waals surface area contributed by atoms with Gasteiger partial charge in [-0.1, -0.05) is 87.2 Å². The first kappa shape index (κ1) is 39.0. The number of hydrogen-bond donors (Lipinski definition) is 0. The second kappa shape index (κ2) is 16.1. The van der Waals surface area contributed by atoms with Gasteiger partial charge in [0, 0.05) is 31.2 Å². The van der Waals surface area contributed by atoms with Crippen LogP contribution in [-0.2, 0) is 32.9 Å². The summed E-state index contributed by atoms with van der Waals surface area (Å²) < 4.78 is 10.3. The smallest absolute Gasteiger partial charge is 0 e. The Labute approximate surface area is 342 Å². The molecule has 8 aromatic rings. The van der Waals surface area contributed by atoms with Crippen LogP contribution in [0.4, 0.5) is 0 Å². The molecule has 0 unspecified atom stereocenters. The quantitative estimate of drug-likeness (QED) is 0.123. The molecule has 0 saturated heterocycles. The Kier molecular flexibility index (Phi) is 11.4. The van der Waals surface area contributed by atoms with Gasteiger partial charge in [0.1, 0.15) is 5.58 Å². The van der Waals surface area contributed by atoms with Gasteiger partial charge in [-0.25, -0.2) is 0 Å². The first-order chi connectivity index (χ1) is 26.1. The molecule has 4 nitrogen and oxygen atoms in total. The van der Waals surface area contributed by atoms with Crippen molar-refractivity contribution in [3.8, 4) is 28.3 Å². The van der Waals surface area contributed by atoms with Gasteiger partial charge in [0.25, 0.3) is 0 Å². The molecule has 3 aromatic heterocycles. The van der Waals surface area contributed by atoms with Crippen LogP contribution in [0.2, 0.25) is 17.3 Å². The minimum atomic E-state index is -1.83. The number of para-hydroxylation sites is 4. The Morgan fingerprint density at radius 2 is 1.40 bits per heavy atom. The van der Waals surface area contributed by atoms with Crippen LogP contribution in [-0.4, -0.2) is 27.8 Å². The van der Waals surface area contributed by atoms with Crippen molar-refractivity contribution >= 4 is 50.6 Å². The number of pyridine rings is 1. The number of hydrogen-bond acceptors (Lipinski definition) is 3. The van der Waals surface area contributed by atoms with E-state index < -0.39 is 13.3 Å². The molecule has 1 aliphatic rings. The number of benzene rings is 5. The van der Waals surface area contributed by atoms with Crippen LogP contribution in [0, 0.1) is 12.1 Å². The predicted molar refractivity (Wildman–Crippen MR) is 229 cm³/mol. The van der Waals surface area contributed by atoms with Crippen molar-refractivity contribution < 1.29 is 24.5 Å². The monoisotopic (exact) mass is 962 g/mol. The minimum absolute atomic E-state index is 0. The molecule has 0 saturated carbocycles. The number of fused-ring (bicyclic) bond motifs is 5. The molecule has 6 heteroatoms. The van der Waals surface area contributed by atoms with Gasteiger partial charge in [-0.15, -0.1) is 18.2 Å². The van der Waals surface area contributed by atoms with Crippen LogP contribution in [0.25, 0.3) is 61.3 Å². The fourth-order valence-corrected chi connectivity index (χ4v) is 11.6. The van der Waals surface area contributed by atoms with E-state index in [1.807, 2.05) is 36.4 Å². The molecule has 9 rings (SSSR count). The zero-order valence-electron chi connectivity index (χ0n) is 33.0. The van der Waals surface area contributed by atoms with Gasteiger partial charge < -0.3 is 8.98 Å². The summed E-state index contributed by atoms with van der Waals surface area (Å²) in [6, 6.07) is 42.4. The summed E-state index contributed by atoms with van der Waals surface area (Å²) in [4.78, 5) is 10.00. The van der Waals surface area contributed by atoms with Crippen molar-refractivity contribution in [1.29, 1.82) is 0 Å². The van der Waals surface area contributed by atoms with Crippen molar-refractivity contribution in [3.05, 3.63) is 144 Å². The maximum Gasteiger partial charge on any atom is 0 e. The van der Waals surface area contributed by atoms with E-state index in [9.17, 15) is 0 Å². The van der Waals surface area contributed by atoms with Gasteiger partial charge in [-0.2, -0.15) is 0 Å². The SMILES string of the molecule is CC(C)c1cccc(C(C)C)c1-n1c(-c2[c-]ccc3c2oc2ccccc23)nc2ccccc21.[CH3][Ge]([CH3])([CH3])[c]1cnc(-c2[c-]cccc2)c2c1CCCC2.[Ir]. The molecule has 1 aliphatic carbocycles. The number of rotatable bonds is 6. The van der Waals surface area contributed by atoms with Crippen molar-refractivity contribution in [3.63, 3.8) is 0 Å². The molecular weight excluding hydrogens is 911 g/mol. The second-order valence-corrected chi connectivity index (χ2v) is 26.8. The number of nitrogens with zero attached hydrogens (tertiary/aromatic N) is 3. The molecular formula is C49H49GeIrN3O-2. The molecule has 0 amide bonds. The normalized spacial score (nSPS) is 12.9. The molecule has 0 aliphatic heterocycles. The third-order valence-electron chi connectivity index (χ3n) is 10.9. The van der Waals surface area contributed by atoms with E-state index >= 15 is 0 Å². The molecule has 1 radical (unpaired) electrons. The van der Waals surface area contributed by atoms with E-state index in [2.05, 4.69) is 135 Å². The van der Waals surface area contributed by atoms with Crippen LogP contribution >= 0.6 is 0 Å². The standard InChI is InChI=1S/C31H27N2O.C18H22GeN.Ir/c1-19(2)21-12-9-13-22(20(3)4)29(21)33-27-17-7-6-16-26(27)32-31(33)25-15-10-14-24-23-11-5-8-18-28(23)34-30(24)25;1-19(2,3)17-13-20-18(14-9-5-4-6-10-14)16-12-8-7-11-15(16)17;/h5-14,16-20H,1-4H3;4-6,9,13H,7-8,11-12H2,1-3H3;/q2*-1;. The van der Waals surface area contributed by atoms with Crippen molar-refractivity contribution in [1.82, 2.24) is 14.5 Å². The van der Waals surface area contributed by atoms with Gasteiger partial charge in [-0.3, -0.25) is 4.98 Å². The van der Waals surface area contributed by atoms with Crippen LogP contribution in [0.1, 0.15) is 74.6 Å². The molecule has 0 fully saturated rings. The van der Waals surface area contributed by atoms with Gasteiger partial charge >= 0.3 is 125 Å². The van der Waals surface area contributed by atoms with E-state index in [1.54, 1.807) is 9.96 Å². The van der Waals surface area contributed by atoms with Crippen molar-refractivity contribution in [2.45, 2.75) is 82.5 Å². The van der Waals surface area contributed by atoms with Crippen LogP contribution in [0.3, 0.4) is 0 Å². The third kappa shape index (κ3) is 7.39. The van der Waals surface area contributed by atoms with Crippen LogP contribution in [0.15, 0.2) is 114 Å². The van der Waals surface area contributed by atoms with E-state index in [1.165, 1.54) is 53.8 Å². The topological polar surface area (TPSA) is 43.9 Å². The van der Waals surface area contributed by atoms with Crippen LogP contribution in [0.5, 0.6) is 0 Å². The summed E-state index contributed by atoms with van der Waals surface area (Å²) in [5.41, 5.74) is 14.0. The summed E-state index contributed by atoms with van der Waals surface area (Å²) in [6.45, 7) is 9.03. The molecule has 5 aromatic carbocycles. The zero-order chi connectivity index (χ0) is 37.6. The molecule has 3 heterocycles. The van der Waals surface area contributed by atoms with E-state index in [4.69, 9.17) is 14.4 Å². The fourth-order valence-electron chi connectivity index (χ4n) is 8.21. The largest absolute Gasteiger partial charge is 0 e. The Hall–Kier alpha value is -4.29. The molecule has 55 heavy (non-hydrogen) atoms. The van der Waals surface area contributed by atoms with Crippen molar-refractivity contribution in [2.24, 2.45) is 0 Å². The van der Waals surface area contributed by atoms with Crippen molar-refractivity contribution in [2.75, 3.05) is 0 Å². The minimum Gasteiger partial charge on any atom is 0 e. The molecule has 281 valence electrons. The maximum atomic E-state index is 6.40. The summed E-state index contributed by atoms with van der Waals surface area (Å²) in [5.74, 6) is 9.02.